The number of aliphatic imine (C=N–C) groups is 1. The molecule has 1 atom stereocenters. The summed E-state index contributed by atoms with van der Waals surface area (Å²) in [4.78, 5) is 4.22. The van der Waals surface area contributed by atoms with Crippen LogP contribution in [-0.4, -0.2) is 12.5 Å². The van der Waals surface area contributed by atoms with Gasteiger partial charge < -0.3 is 11.1 Å². The van der Waals surface area contributed by atoms with Crippen LogP contribution < -0.4 is 11.1 Å². The average molecular weight is 317 g/mol. The van der Waals surface area contributed by atoms with Crippen LogP contribution in [0.4, 0.5) is 14.5 Å². The lowest BCUT2D eigenvalue weighted by Crippen LogP contribution is -2.23. The maximum absolute atomic E-state index is 13.7. The number of halogens is 2. The van der Waals surface area contributed by atoms with E-state index in [0.29, 0.717) is 12.1 Å². The molecule has 1 unspecified atom stereocenters. The van der Waals surface area contributed by atoms with Gasteiger partial charge in [0, 0.05) is 24.2 Å². The van der Waals surface area contributed by atoms with Gasteiger partial charge in [-0.2, -0.15) is 0 Å². The summed E-state index contributed by atoms with van der Waals surface area (Å²) in [5.74, 6) is -1.07. The summed E-state index contributed by atoms with van der Waals surface area (Å²) < 4.78 is 26.6. The van der Waals surface area contributed by atoms with E-state index in [1.165, 1.54) is 17.7 Å². The predicted octanol–water partition coefficient (Wildman–Crippen LogP) is 4.06. The second-order valence-corrected chi connectivity index (χ2v) is 5.47. The number of nitrogens with zero attached hydrogens (tertiary/aromatic N) is 1. The summed E-state index contributed by atoms with van der Waals surface area (Å²) in [7, 11) is 0. The van der Waals surface area contributed by atoms with Crippen molar-refractivity contribution in [1.29, 1.82) is 0 Å². The van der Waals surface area contributed by atoms with Gasteiger partial charge in [-0.25, -0.2) is 8.78 Å². The van der Waals surface area contributed by atoms with E-state index in [1.54, 1.807) is 0 Å². The van der Waals surface area contributed by atoms with E-state index in [9.17, 15) is 8.78 Å². The molecule has 122 valence electrons. The molecule has 0 heterocycles. The minimum Gasteiger partial charge on any atom is -0.370 e. The van der Waals surface area contributed by atoms with Crippen LogP contribution in [-0.2, 0) is 6.42 Å². The minimum absolute atomic E-state index is 0.196. The molecule has 0 saturated heterocycles. The highest BCUT2D eigenvalue weighted by Gasteiger charge is 2.11. The van der Waals surface area contributed by atoms with E-state index < -0.39 is 11.6 Å². The summed E-state index contributed by atoms with van der Waals surface area (Å²) in [6, 6.07) is 11.5. The summed E-state index contributed by atoms with van der Waals surface area (Å²) >= 11 is 0. The van der Waals surface area contributed by atoms with Crippen molar-refractivity contribution in [3.8, 4) is 0 Å². The highest BCUT2D eigenvalue weighted by molar-refractivity contribution is 5.92. The van der Waals surface area contributed by atoms with Crippen LogP contribution in [0.15, 0.2) is 47.5 Å². The molecular weight excluding hydrogens is 296 g/mol. The first-order chi connectivity index (χ1) is 11.0. The molecular formula is C18H21F2N3. The van der Waals surface area contributed by atoms with Gasteiger partial charge in [0.25, 0.3) is 0 Å². The van der Waals surface area contributed by atoms with Gasteiger partial charge >= 0.3 is 0 Å². The molecule has 0 spiro atoms. The van der Waals surface area contributed by atoms with E-state index >= 15 is 0 Å². The van der Waals surface area contributed by atoms with Gasteiger partial charge in [-0.1, -0.05) is 32.0 Å². The lowest BCUT2D eigenvalue weighted by atomic mass is 10.0. The second-order valence-electron chi connectivity index (χ2n) is 5.47. The van der Waals surface area contributed by atoms with Crippen LogP contribution in [0.3, 0.4) is 0 Å². The zero-order valence-corrected chi connectivity index (χ0v) is 13.3. The molecule has 0 aliphatic heterocycles. The number of anilines is 1. The van der Waals surface area contributed by atoms with Crippen molar-refractivity contribution in [1.82, 2.24) is 0 Å². The summed E-state index contributed by atoms with van der Waals surface area (Å²) in [5, 5.41) is 3.00. The van der Waals surface area contributed by atoms with Gasteiger partial charge in [0.2, 0.25) is 0 Å². The third-order valence-electron chi connectivity index (χ3n) is 3.66. The summed E-state index contributed by atoms with van der Waals surface area (Å²) in [6.45, 7) is 4.23. The zero-order chi connectivity index (χ0) is 16.8. The number of benzene rings is 2. The molecule has 5 heteroatoms. The second kappa shape index (κ2) is 7.72. The van der Waals surface area contributed by atoms with Crippen LogP contribution in [0.25, 0.3) is 0 Å². The van der Waals surface area contributed by atoms with E-state index in [2.05, 4.69) is 17.2 Å². The Kier molecular flexibility index (Phi) is 5.68. The molecule has 0 aliphatic carbocycles. The normalized spacial score (nSPS) is 13.0. The van der Waals surface area contributed by atoms with Crippen molar-refractivity contribution >= 4 is 11.6 Å². The predicted molar refractivity (Wildman–Crippen MR) is 90.7 cm³/mol. The molecule has 0 fully saturated rings. The van der Waals surface area contributed by atoms with Gasteiger partial charge in [0.05, 0.1) is 0 Å². The highest BCUT2D eigenvalue weighted by Crippen LogP contribution is 2.20. The SMILES string of the molecule is CCc1ccc(NC(N)=NCC(C)c2ccc(F)cc2F)cc1. The first-order valence-corrected chi connectivity index (χ1v) is 7.60. The Hall–Kier alpha value is -2.43. The molecule has 3 N–H and O–H groups in total. The first-order valence-electron chi connectivity index (χ1n) is 7.60. The van der Waals surface area contributed by atoms with Crippen molar-refractivity contribution in [2.75, 3.05) is 11.9 Å². The Morgan fingerprint density at radius 1 is 1.17 bits per heavy atom. The van der Waals surface area contributed by atoms with Gasteiger partial charge in [-0.3, -0.25) is 4.99 Å². The highest BCUT2D eigenvalue weighted by atomic mass is 19.1. The summed E-state index contributed by atoms with van der Waals surface area (Å²) in [5.41, 5.74) is 8.37. The summed E-state index contributed by atoms with van der Waals surface area (Å²) in [6.07, 6.45) is 0.977. The van der Waals surface area contributed by atoms with Crippen molar-refractivity contribution in [3.63, 3.8) is 0 Å². The topological polar surface area (TPSA) is 50.4 Å². The largest absolute Gasteiger partial charge is 0.370 e. The molecule has 0 aliphatic rings. The van der Waals surface area contributed by atoms with Crippen molar-refractivity contribution in [2.45, 2.75) is 26.2 Å². The first kappa shape index (κ1) is 16.9. The average Bonchev–Trinajstić information content (AvgIpc) is 2.53. The van der Waals surface area contributed by atoms with E-state index in [1.807, 2.05) is 31.2 Å². The molecule has 0 aromatic heterocycles. The van der Waals surface area contributed by atoms with Crippen LogP contribution in [0.1, 0.15) is 30.9 Å². The molecule has 2 aromatic rings. The molecule has 0 amide bonds. The third kappa shape index (κ3) is 4.77. The quantitative estimate of drug-likeness (QED) is 0.645. The van der Waals surface area contributed by atoms with E-state index in [0.717, 1.165) is 18.2 Å². The number of guanidine groups is 1. The van der Waals surface area contributed by atoms with Crippen molar-refractivity contribution in [3.05, 3.63) is 65.2 Å². The standard InChI is InChI=1S/C18H21F2N3/c1-3-13-4-7-15(8-5-13)23-18(21)22-11-12(2)16-9-6-14(19)10-17(16)20/h4-10,12H,3,11H2,1-2H3,(H3,21,22,23). The van der Waals surface area contributed by atoms with Gasteiger partial charge in [0.1, 0.15) is 11.6 Å². The van der Waals surface area contributed by atoms with Gasteiger partial charge in [-0.15, -0.1) is 0 Å². The molecule has 0 saturated carbocycles. The lowest BCUT2D eigenvalue weighted by Gasteiger charge is -2.12. The van der Waals surface area contributed by atoms with Gasteiger partial charge in [-0.05, 0) is 35.7 Å². The number of aryl methyl sites for hydroxylation is 1. The molecule has 23 heavy (non-hydrogen) atoms. The maximum Gasteiger partial charge on any atom is 0.193 e. The fraction of sp³-hybridized carbons (Fsp3) is 0.278. The number of nitrogens with two attached hydrogens (primary N) is 1. The molecule has 3 nitrogen and oxygen atoms in total. The minimum atomic E-state index is -0.585. The monoisotopic (exact) mass is 317 g/mol. The molecule has 0 bridgehead atoms. The Labute approximate surface area is 135 Å². The van der Waals surface area contributed by atoms with Crippen LogP contribution in [0.2, 0.25) is 0 Å². The number of nitrogens with one attached hydrogen (secondary N) is 1. The Balaban J connectivity index is 1.97. The Morgan fingerprint density at radius 3 is 2.48 bits per heavy atom. The number of rotatable bonds is 5. The third-order valence-corrected chi connectivity index (χ3v) is 3.66. The van der Waals surface area contributed by atoms with Crippen LogP contribution in [0.5, 0.6) is 0 Å². The fourth-order valence-corrected chi connectivity index (χ4v) is 2.25. The van der Waals surface area contributed by atoms with Crippen LogP contribution in [0, 0.1) is 11.6 Å². The number of hydrogen-bond donors (Lipinski definition) is 2. The maximum atomic E-state index is 13.7. The van der Waals surface area contributed by atoms with Gasteiger partial charge in [0.15, 0.2) is 5.96 Å². The molecule has 0 radical (unpaired) electrons. The van der Waals surface area contributed by atoms with Crippen molar-refractivity contribution < 1.29 is 8.78 Å². The van der Waals surface area contributed by atoms with E-state index in [-0.39, 0.29) is 11.9 Å². The smallest absolute Gasteiger partial charge is 0.193 e. The Morgan fingerprint density at radius 2 is 1.87 bits per heavy atom. The van der Waals surface area contributed by atoms with E-state index in [4.69, 9.17) is 5.73 Å². The molecule has 2 rings (SSSR count). The number of hydrogen-bond acceptors (Lipinski definition) is 1. The Bertz CT molecular complexity index is 681. The van der Waals surface area contributed by atoms with Crippen molar-refractivity contribution in [2.24, 2.45) is 10.7 Å². The lowest BCUT2D eigenvalue weighted by molar-refractivity contribution is 0.560. The zero-order valence-electron chi connectivity index (χ0n) is 13.3. The van der Waals surface area contributed by atoms with Crippen LogP contribution >= 0.6 is 0 Å². The fourth-order valence-electron chi connectivity index (χ4n) is 2.25. The molecule has 2 aromatic carbocycles.